The van der Waals surface area contributed by atoms with Gasteiger partial charge in [0.2, 0.25) is 5.91 Å². The van der Waals surface area contributed by atoms with Gasteiger partial charge in [0.1, 0.15) is 0 Å². The number of anilines is 1. The molecule has 1 aliphatic heterocycles. The monoisotopic (exact) mass is 274 g/mol. The molecule has 1 aromatic heterocycles. The number of rotatable bonds is 4. The number of carbonyl (C=O) groups is 1. The molecule has 1 amide bonds. The molecule has 1 atom stereocenters. The fraction of sp³-hybridized carbons (Fsp3) is 0.800. The van der Waals surface area contributed by atoms with E-state index in [0.717, 1.165) is 25.9 Å². The number of halogens is 1. The largest absolute Gasteiger partial charge is 0.317 e. The smallest absolute Gasteiger partial charge is 0.269 e. The van der Waals surface area contributed by atoms with E-state index in [1.54, 1.807) is 0 Å². The van der Waals surface area contributed by atoms with Gasteiger partial charge in [-0.25, -0.2) is 0 Å². The molecule has 1 saturated heterocycles. The number of hydrogen-bond acceptors (Lipinski definition) is 5. The van der Waals surface area contributed by atoms with Gasteiger partial charge >= 0.3 is 0 Å². The quantitative estimate of drug-likeness (QED) is 0.747. The molecule has 0 aromatic carbocycles. The van der Waals surface area contributed by atoms with Gasteiger partial charge in [-0.3, -0.25) is 10.1 Å². The lowest BCUT2D eigenvalue weighted by Gasteiger charge is -2.27. The first-order valence-corrected chi connectivity index (χ1v) is 5.99. The van der Waals surface area contributed by atoms with Crippen molar-refractivity contribution in [3.05, 3.63) is 0 Å². The number of aromatic nitrogens is 4. The summed E-state index contributed by atoms with van der Waals surface area (Å²) in [5.74, 6) is 1.22. The van der Waals surface area contributed by atoms with E-state index < -0.39 is 0 Å². The number of carbonyl (C=O) groups excluding carboxylic acids is 1. The Balaban J connectivity index is 0.00000162. The summed E-state index contributed by atoms with van der Waals surface area (Å²) < 4.78 is 0. The normalized spacial score (nSPS) is 17.8. The van der Waals surface area contributed by atoms with Crippen molar-refractivity contribution in [2.24, 2.45) is 11.8 Å². The Morgan fingerprint density at radius 3 is 2.83 bits per heavy atom. The van der Waals surface area contributed by atoms with Crippen LogP contribution in [0.25, 0.3) is 0 Å². The molecular weight excluding hydrogens is 256 g/mol. The highest BCUT2D eigenvalue weighted by Crippen LogP contribution is 2.24. The average Bonchev–Trinajstić information content (AvgIpc) is 2.82. The number of H-pyrrole nitrogens is 1. The first kappa shape index (κ1) is 14.8. The second-order valence-electron chi connectivity index (χ2n) is 4.55. The highest BCUT2D eigenvalue weighted by atomic mass is 35.5. The van der Waals surface area contributed by atoms with E-state index in [2.05, 4.69) is 38.2 Å². The predicted octanol–water partition coefficient (Wildman–Crippen LogP) is 0.586. The number of amides is 1. The highest BCUT2D eigenvalue weighted by molar-refractivity contribution is 5.88. The molecule has 102 valence electrons. The lowest BCUT2D eigenvalue weighted by molar-refractivity contribution is -0.117. The van der Waals surface area contributed by atoms with Crippen molar-refractivity contribution < 1.29 is 4.79 Å². The highest BCUT2D eigenvalue weighted by Gasteiger charge is 2.22. The van der Waals surface area contributed by atoms with Crippen LogP contribution >= 0.6 is 12.4 Å². The molecular formula is C10H19ClN6O. The Labute approximate surface area is 112 Å². The summed E-state index contributed by atoms with van der Waals surface area (Å²) in [5, 5.41) is 19.0. The lowest BCUT2D eigenvalue weighted by atomic mass is 9.84. The van der Waals surface area contributed by atoms with Crippen LogP contribution in [0.2, 0.25) is 0 Å². The maximum absolute atomic E-state index is 11.7. The van der Waals surface area contributed by atoms with Gasteiger partial charge in [-0.05, 0) is 43.0 Å². The Morgan fingerprint density at radius 1 is 1.50 bits per heavy atom. The molecule has 2 rings (SSSR count). The van der Waals surface area contributed by atoms with E-state index in [1.165, 1.54) is 0 Å². The number of piperidine rings is 1. The molecule has 3 N–H and O–H groups in total. The summed E-state index contributed by atoms with van der Waals surface area (Å²) >= 11 is 0. The summed E-state index contributed by atoms with van der Waals surface area (Å²) in [5.41, 5.74) is 0. The van der Waals surface area contributed by atoms with Gasteiger partial charge in [0.05, 0.1) is 0 Å². The average molecular weight is 275 g/mol. The third-order valence-electron chi connectivity index (χ3n) is 3.29. The summed E-state index contributed by atoms with van der Waals surface area (Å²) in [7, 11) is 0. The summed E-state index contributed by atoms with van der Waals surface area (Å²) in [6, 6.07) is 0. The Hall–Kier alpha value is -1.21. The maximum atomic E-state index is 11.7. The molecule has 1 aliphatic rings. The van der Waals surface area contributed by atoms with Crippen LogP contribution in [-0.4, -0.2) is 39.6 Å². The molecule has 1 aromatic rings. The third kappa shape index (κ3) is 4.23. The van der Waals surface area contributed by atoms with Crippen molar-refractivity contribution in [3.63, 3.8) is 0 Å². The van der Waals surface area contributed by atoms with Crippen LogP contribution in [0, 0.1) is 11.8 Å². The van der Waals surface area contributed by atoms with Crippen molar-refractivity contribution in [1.82, 2.24) is 25.9 Å². The van der Waals surface area contributed by atoms with Crippen molar-refractivity contribution in [2.45, 2.75) is 26.2 Å². The molecule has 0 radical (unpaired) electrons. The molecule has 18 heavy (non-hydrogen) atoms. The molecule has 1 fully saturated rings. The second-order valence-corrected chi connectivity index (χ2v) is 4.55. The standard InChI is InChI=1S/C10H18N6O.ClH/c1-7(8-2-4-11-5-3-8)6-9(17)12-10-13-15-16-14-10;/h7-8,11H,2-6H2,1H3,(H2,12,13,14,15,16,17);1H. The minimum Gasteiger partial charge on any atom is -0.317 e. The molecule has 2 heterocycles. The Morgan fingerprint density at radius 2 is 2.22 bits per heavy atom. The van der Waals surface area contributed by atoms with E-state index >= 15 is 0 Å². The van der Waals surface area contributed by atoms with E-state index in [0.29, 0.717) is 18.3 Å². The zero-order valence-electron chi connectivity index (χ0n) is 10.3. The van der Waals surface area contributed by atoms with Crippen LogP contribution in [0.15, 0.2) is 0 Å². The van der Waals surface area contributed by atoms with E-state index in [-0.39, 0.29) is 24.3 Å². The molecule has 0 aliphatic carbocycles. The third-order valence-corrected chi connectivity index (χ3v) is 3.29. The van der Waals surface area contributed by atoms with Gasteiger partial charge < -0.3 is 5.32 Å². The molecule has 7 nitrogen and oxygen atoms in total. The number of hydrogen-bond donors (Lipinski definition) is 3. The van der Waals surface area contributed by atoms with Crippen LogP contribution in [-0.2, 0) is 4.79 Å². The molecule has 0 spiro atoms. The summed E-state index contributed by atoms with van der Waals surface area (Å²) in [6.45, 7) is 4.24. The van der Waals surface area contributed by atoms with Crippen LogP contribution in [0.3, 0.4) is 0 Å². The van der Waals surface area contributed by atoms with Gasteiger partial charge in [-0.2, -0.15) is 5.21 Å². The van der Waals surface area contributed by atoms with Crippen LogP contribution in [0.5, 0.6) is 0 Å². The van der Waals surface area contributed by atoms with Crippen molar-refractivity contribution in [1.29, 1.82) is 0 Å². The van der Waals surface area contributed by atoms with Gasteiger partial charge in [0.25, 0.3) is 5.95 Å². The second kappa shape index (κ2) is 7.27. The predicted molar refractivity (Wildman–Crippen MR) is 69.4 cm³/mol. The minimum absolute atomic E-state index is 0. The van der Waals surface area contributed by atoms with E-state index in [4.69, 9.17) is 0 Å². The van der Waals surface area contributed by atoms with Crippen molar-refractivity contribution in [3.8, 4) is 0 Å². The summed E-state index contributed by atoms with van der Waals surface area (Å²) in [4.78, 5) is 11.7. The first-order chi connectivity index (χ1) is 8.25. The Kier molecular flexibility index (Phi) is 6.00. The van der Waals surface area contributed by atoms with Crippen molar-refractivity contribution >= 4 is 24.3 Å². The number of tetrazole rings is 1. The fourth-order valence-electron chi connectivity index (χ4n) is 2.26. The Bertz CT molecular complexity index is 351. The number of nitrogens with one attached hydrogen (secondary N) is 3. The number of aromatic amines is 1. The maximum Gasteiger partial charge on any atom is 0.269 e. The SMILES string of the molecule is CC(CC(=O)Nc1nn[nH]n1)C1CCNCC1.Cl. The van der Waals surface area contributed by atoms with Gasteiger partial charge in [-0.1, -0.05) is 12.0 Å². The topological polar surface area (TPSA) is 95.6 Å². The first-order valence-electron chi connectivity index (χ1n) is 5.99. The molecule has 0 saturated carbocycles. The lowest BCUT2D eigenvalue weighted by Crippen LogP contribution is -2.32. The van der Waals surface area contributed by atoms with Crippen LogP contribution in [0.4, 0.5) is 5.95 Å². The van der Waals surface area contributed by atoms with Gasteiger partial charge in [0.15, 0.2) is 0 Å². The zero-order valence-corrected chi connectivity index (χ0v) is 11.2. The minimum atomic E-state index is -0.0440. The van der Waals surface area contributed by atoms with E-state index in [1.807, 2.05) is 0 Å². The summed E-state index contributed by atoms with van der Waals surface area (Å²) in [6.07, 6.45) is 2.81. The van der Waals surface area contributed by atoms with Gasteiger partial charge in [0, 0.05) is 6.42 Å². The van der Waals surface area contributed by atoms with Crippen LogP contribution < -0.4 is 10.6 Å². The van der Waals surface area contributed by atoms with Crippen molar-refractivity contribution in [2.75, 3.05) is 18.4 Å². The molecule has 1 unspecified atom stereocenters. The van der Waals surface area contributed by atoms with E-state index in [9.17, 15) is 4.79 Å². The number of nitrogens with zero attached hydrogens (tertiary/aromatic N) is 3. The fourth-order valence-corrected chi connectivity index (χ4v) is 2.26. The molecule has 0 bridgehead atoms. The molecule has 8 heteroatoms. The van der Waals surface area contributed by atoms with Gasteiger partial charge in [-0.15, -0.1) is 17.5 Å². The van der Waals surface area contributed by atoms with Crippen LogP contribution in [0.1, 0.15) is 26.2 Å². The zero-order chi connectivity index (χ0) is 12.1.